The number of hydrogen-bond donors (Lipinski definition) is 2. The number of likely N-dealkylation sites (N-methyl/N-ethyl adjacent to an activating group) is 1. The van der Waals surface area contributed by atoms with Crippen molar-refractivity contribution in [2.75, 3.05) is 12.4 Å². The summed E-state index contributed by atoms with van der Waals surface area (Å²) >= 11 is 7.20. The molecular formula is C12H15ClN4S. The average Bonchev–Trinajstić information content (AvgIpc) is 2.79. The van der Waals surface area contributed by atoms with Crippen molar-refractivity contribution in [1.29, 1.82) is 0 Å². The van der Waals surface area contributed by atoms with Gasteiger partial charge in [-0.3, -0.25) is 0 Å². The van der Waals surface area contributed by atoms with Crippen LogP contribution < -0.4 is 10.6 Å². The molecule has 2 aromatic rings. The summed E-state index contributed by atoms with van der Waals surface area (Å²) in [6.07, 6.45) is 0.829. The zero-order chi connectivity index (χ0) is 13.0. The highest BCUT2D eigenvalue weighted by Crippen LogP contribution is 2.20. The first kappa shape index (κ1) is 13.3. The van der Waals surface area contributed by atoms with Crippen LogP contribution in [0.2, 0.25) is 5.02 Å². The van der Waals surface area contributed by atoms with Gasteiger partial charge in [0.1, 0.15) is 5.82 Å². The predicted molar refractivity (Wildman–Crippen MR) is 76.9 cm³/mol. The summed E-state index contributed by atoms with van der Waals surface area (Å²) < 4.78 is 4.32. The van der Waals surface area contributed by atoms with Gasteiger partial charge in [-0.15, -0.1) is 0 Å². The van der Waals surface area contributed by atoms with E-state index in [0.29, 0.717) is 6.04 Å². The van der Waals surface area contributed by atoms with E-state index in [9.17, 15) is 0 Å². The van der Waals surface area contributed by atoms with Crippen molar-refractivity contribution in [3.8, 4) is 0 Å². The largest absolute Gasteiger partial charge is 0.330 e. The van der Waals surface area contributed by atoms with Gasteiger partial charge in [-0.1, -0.05) is 11.6 Å². The van der Waals surface area contributed by atoms with E-state index < -0.39 is 0 Å². The standard InChI is InChI=1S/C12H15ClN4S/c1-8(14-2)7-11-16-12(18-17-11)15-10-5-3-9(13)4-6-10/h3-6,8,14H,7H2,1-2H3,(H,15,16,17). The number of hydrogen-bond acceptors (Lipinski definition) is 5. The van der Waals surface area contributed by atoms with Crippen LogP contribution in [0.3, 0.4) is 0 Å². The molecule has 2 N–H and O–H groups in total. The molecule has 1 aromatic heterocycles. The Morgan fingerprint density at radius 2 is 2.06 bits per heavy atom. The van der Waals surface area contributed by atoms with Gasteiger partial charge in [-0.25, -0.2) is 4.98 Å². The molecule has 0 amide bonds. The first-order chi connectivity index (χ1) is 8.67. The van der Waals surface area contributed by atoms with Gasteiger partial charge in [0.2, 0.25) is 5.13 Å². The average molecular weight is 283 g/mol. The van der Waals surface area contributed by atoms with Gasteiger partial charge in [0, 0.05) is 34.7 Å². The van der Waals surface area contributed by atoms with E-state index in [2.05, 4.69) is 26.9 Å². The molecule has 0 aliphatic rings. The van der Waals surface area contributed by atoms with Gasteiger partial charge < -0.3 is 10.6 Å². The van der Waals surface area contributed by atoms with Crippen molar-refractivity contribution >= 4 is 34.0 Å². The topological polar surface area (TPSA) is 49.8 Å². The lowest BCUT2D eigenvalue weighted by Crippen LogP contribution is -2.24. The Labute approximate surface area is 116 Å². The number of benzene rings is 1. The molecule has 0 aliphatic carbocycles. The number of nitrogens with one attached hydrogen (secondary N) is 2. The molecule has 1 heterocycles. The second-order valence-corrected chi connectivity index (χ2v) is 5.23. The lowest BCUT2D eigenvalue weighted by Gasteiger charge is -2.05. The lowest BCUT2D eigenvalue weighted by atomic mass is 10.2. The minimum absolute atomic E-state index is 0.378. The zero-order valence-corrected chi connectivity index (χ0v) is 11.8. The summed E-state index contributed by atoms with van der Waals surface area (Å²) in [5.41, 5.74) is 0.962. The second-order valence-electron chi connectivity index (χ2n) is 4.04. The highest BCUT2D eigenvalue weighted by atomic mass is 35.5. The number of halogens is 1. The van der Waals surface area contributed by atoms with E-state index in [1.807, 2.05) is 31.3 Å². The van der Waals surface area contributed by atoms with Crippen molar-refractivity contribution in [3.05, 3.63) is 35.1 Å². The molecule has 18 heavy (non-hydrogen) atoms. The first-order valence-electron chi connectivity index (χ1n) is 5.70. The van der Waals surface area contributed by atoms with Crippen LogP contribution in [0.5, 0.6) is 0 Å². The fourth-order valence-electron chi connectivity index (χ4n) is 1.42. The van der Waals surface area contributed by atoms with Crippen molar-refractivity contribution in [1.82, 2.24) is 14.7 Å². The molecule has 0 bridgehead atoms. The Balaban J connectivity index is 2.00. The summed E-state index contributed by atoms with van der Waals surface area (Å²) in [5.74, 6) is 0.860. The molecule has 0 saturated carbocycles. The molecule has 0 spiro atoms. The van der Waals surface area contributed by atoms with Crippen molar-refractivity contribution in [2.24, 2.45) is 0 Å². The Morgan fingerprint density at radius 1 is 1.33 bits per heavy atom. The molecule has 0 aliphatic heterocycles. The fraction of sp³-hybridized carbons (Fsp3) is 0.333. The molecule has 1 aromatic carbocycles. The molecule has 0 saturated heterocycles. The molecular weight excluding hydrogens is 268 g/mol. The van der Waals surface area contributed by atoms with Gasteiger partial charge in [-0.2, -0.15) is 4.37 Å². The van der Waals surface area contributed by atoms with E-state index in [1.165, 1.54) is 11.5 Å². The van der Waals surface area contributed by atoms with Crippen molar-refractivity contribution in [3.63, 3.8) is 0 Å². The van der Waals surface area contributed by atoms with Crippen LogP contribution in [0.25, 0.3) is 0 Å². The third kappa shape index (κ3) is 3.66. The Bertz CT molecular complexity index is 497. The van der Waals surface area contributed by atoms with E-state index >= 15 is 0 Å². The summed E-state index contributed by atoms with van der Waals surface area (Å²) in [6.45, 7) is 2.10. The summed E-state index contributed by atoms with van der Waals surface area (Å²) in [5, 5.41) is 7.90. The number of anilines is 2. The third-order valence-corrected chi connectivity index (χ3v) is 3.47. The van der Waals surface area contributed by atoms with Crippen LogP contribution in [0.4, 0.5) is 10.8 Å². The van der Waals surface area contributed by atoms with Crippen LogP contribution >= 0.6 is 23.1 Å². The van der Waals surface area contributed by atoms with Crippen LogP contribution in [-0.2, 0) is 6.42 Å². The Hall–Kier alpha value is -1.17. The zero-order valence-electron chi connectivity index (χ0n) is 10.3. The summed E-state index contributed by atoms with van der Waals surface area (Å²) in [6, 6.07) is 7.89. The van der Waals surface area contributed by atoms with Crippen LogP contribution in [0, 0.1) is 0 Å². The van der Waals surface area contributed by atoms with Gasteiger partial charge in [0.15, 0.2) is 0 Å². The molecule has 96 valence electrons. The Morgan fingerprint density at radius 3 is 2.72 bits per heavy atom. The minimum atomic E-state index is 0.378. The molecule has 2 rings (SSSR count). The summed E-state index contributed by atoms with van der Waals surface area (Å²) in [4.78, 5) is 4.44. The van der Waals surface area contributed by atoms with Gasteiger partial charge in [-0.05, 0) is 38.2 Å². The van der Waals surface area contributed by atoms with Gasteiger partial charge in [0.25, 0.3) is 0 Å². The first-order valence-corrected chi connectivity index (χ1v) is 6.85. The number of nitrogens with zero attached hydrogens (tertiary/aromatic N) is 2. The van der Waals surface area contributed by atoms with Crippen LogP contribution in [0.15, 0.2) is 24.3 Å². The second kappa shape index (κ2) is 6.13. The molecule has 6 heteroatoms. The Kier molecular flexibility index (Phi) is 4.52. The minimum Gasteiger partial charge on any atom is -0.330 e. The molecule has 0 fully saturated rings. The highest BCUT2D eigenvalue weighted by molar-refractivity contribution is 7.09. The lowest BCUT2D eigenvalue weighted by molar-refractivity contribution is 0.595. The van der Waals surface area contributed by atoms with Crippen molar-refractivity contribution in [2.45, 2.75) is 19.4 Å². The number of rotatable bonds is 5. The van der Waals surface area contributed by atoms with Crippen LogP contribution in [-0.4, -0.2) is 22.4 Å². The molecule has 1 unspecified atom stereocenters. The SMILES string of the molecule is CNC(C)Cc1nsc(Nc2ccc(Cl)cc2)n1. The maximum Gasteiger partial charge on any atom is 0.207 e. The predicted octanol–water partition coefficient (Wildman–Crippen LogP) is 3.09. The number of aromatic nitrogens is 2. The maximum absolute atomic E-state index is 5.83. The van der Waals surface area contributed by atoms with E-state index in [0.717, 1.165) is 28.1 Å². The van der Waals surface area contributed by atoms with Crippen LogP contribution in [0.1, 0.15) is 12.7 Å². The van der Waals surface area contributed by atoms with E-state index in [4.69, 9.17) is 11.6 Å². The van der Waals surface area contributed by atoms with E-state index in [-0.39, 0.29) is 0 Å². The van der Waals surface area contributed by atoms with Gasteiger partial charge >= 0.3 is 0 Å². The molecule has 0 radical (unpaired) electrons. The molecule has 1 atom stereocenters. The normalized spacial score (nSPS) is 12.4. The fourth-order valence-corrected chi connectivity index (χ4v) is 2.16. The van der Waals surface area contributed by atoms with Gasteiger partial charge in [0.05, 0.1) is 0 Å². The quantitative estimate of drug-likeness (QED) is 0.885. The van der Waals surface area contributed by atoms with E-state index in [1.54, 1.807) is 0 Å². The van der Waals surface area contributed by atoms with Crippen molar-refractivity contribution < 1.29 is 0 Å². The monoisotopic (exact) mass is 282 g/mol. The summed E-state index contributed by atoms with van der Waals surface area (Å²) in [7, 11) is 1.93. The maximum atomic E-state index is 5.83. The third-order valence-electron chi connectivity index (χ3n) is 2.55. The highest BCUT2D eigenvalue weighted by Gasteiger charge is 2.07. The smallest absolute Gasteiger partial charge is 0.207 e. The molecule has 4 nitrogen and oxygen atoms in total.